The van der Waals surface area contributed by atoms with Crippen LogP contribution in [0.25, 0.3) is 0 Å². The van der Waals surface area contributed by atoms with Crippen molar-refractivity contribution >= 4 is 11.9 Å². The normalized spacial score (nSPS) is 9.85. The van der Waals surface area contributed by atoms with Gasteiger partial charge in [-0.1, -0.05) is 0 Å². The molecular formula is C5H6N4O4. The van der Waals surface area contributed by atoms with Crippen LogP contribution in [0.4, 0.5) is 0 Å². The number of aliphatic carboxylic acids is 2. The molecule has 1 aromatic rings. The maximum absolute atomic E-state index is 10.2. The molecule has 2 N–H and O–H groups in total. The molecule has 0 aliphatic carbocycles. The molecule has 0 fully saturated rings. The number of carbonyl (C=O) groups is 2. The van der Waals surface area contributed by atoms with E-state index in [9.17, 15) is 9.59 Å². The molecule has 0 atom stereocenters. The van der Waals surface area contributed by atoms with E-state index in [0.717, 1.165) is 4.68 Å². The molecule has 0 aliphatic heterocycles. The SMILES string of the molecule is O=C(O)Cc1nnnn1CC(=O)O. The van der Waals surface area contributed by atoms with Crippen molar-refractivity contribution in [1.82, 2.24) is 20.2 Å². The van der Waals surface area contributed by atoms with Crippen LogP contribution >= 0.6 is 0 Å². The Kier molecular flexibility index (Phi) is 2.52. The minimum atomic E-state index is -1.13. The number of rotatable bonds is 4. The molecule has 0 unspecified atom stereocenters. The lowest BCUT2D eigenvalue weighted by molar-refractivity contribution is -0.139. The Balaban J connectivity index is 2.76. The van der Waals surface area contributed by atoms with Crippen LogP contribution < -0.4 is 0 Å². The van der Waals surface area contributed by atoms with Gasteiger partial charge >= 0.3 is 11.9 Å². The van der Waals surface area contributed by atoms with E-state index in [2.05, 4.69) is 15.5 Å². The van der Waals surface area contributed by atoms with Gasteiger partial charge in [-0.25, -0.2) is 4.68 Å². The van der Waals surface area contributed by atoms with Crippen LogP contribution in [-0.2, 0) is 22.6 Å². The third-order valence-corrected chi connectivity index (χ3v) is 1.20. The number of nitrogens with zero attached hydrogens (tertiary/aromatic N) is 4. The van der Waals surface area contributed by atoms with Gasteiger partial charge in [0.15, 0.2) is 5.82 Å². The van der Waals surface area contributed by atoms with E-state index in [1.807, 2.05) is 0 Å². The van der Waals surface area contributed by atoms with Gasteiger partial charge in [0.2, 0.25) is 0 Å². The summed E-state index contributed by atoms with van der Waals surface area (Å²) in [6.07, 6.45) is -0.389. The van der Waals surface area contributed by atoms with E-state index in [0.29, 0.717) is 0 Å². The fraction of sp³-hybridized carbons (Fsp3) is 0.400. The first-order chi connectivity index (χ1) is 6.09. The highest BCUT2D eigenvalue weighted by atomic mass is 16.4. The number of carboxylic acids is 2. The molecular weight excluding hydrogens is 180 g/mol. The molecule has 0 saturated carbocycles. The summed E-state index contributed by atoms with van der Waals surface area (Å²) in [5, 5.41) is 26.6. The Morgan fingerprint density at radius 3 is 2.54 bits per heavy atom. The summed E-state index contributed by atoms with van der Waals surface area (Å²) >= 11 is 0. The lowest BCUT2D eigenvalue weighted by atomic mass is 10.4. The fourth-order valence-corrected chi connectivity index (χ4v) is 0.736. The molecule has 0 aromatic carbocycles. The molecule has 1 heterocycles. The van der Waals surface area contributed by atoms with Gasteiger partial charge in [0.05, 0.1) is 0 Å². The van der Waals surface area contributed by atoms with Crippen molar-refractivity contribution in [2.24, 2.45) is 0 Å². The smallest absolute Gasteiger partial charge is 0.325 e. The van der Waals surface area contributed by atoms with Crippen molar-refractivity contribution in [2.75, 3.05) is 0 Å². The van der Waals surface area contributed by atoms with E-state index in [1.165, 1.54) is 0 Å². The summed E-state index contributed by atoms with van der Waals surface area (Å²) in [4.78, 5) is 20.5. The average molecular weight is 186 g/mol. The molecule has 8 heteroatoms. The number of tetrazole rings is 1. The molecule has 0 amide bonds. The molecule has 1 aromatic heterocycles. The lowest BCUT2D eigenvalue weighted by Gasteiger charge is -1.97. The zero-order valence-electron chi connectivity index (χ0n) is 6.41. The number of carboxylic acid groups (broad SMARTS) is 2. The van der Waals surface area contributed by atoms with Crippen LogP contribution in [0.2, 0.25) is 0 Å². The zero-order chi connectivity index (χ0) is 9.84. The summed E-state index contributed by atoms with van der Waals surface area (Å²) in [6.45, 7) is -0.435. The molecule has 13 heavy (non-hydrogen) atoms. The van der Waals surface area contributed by atoms with Gasteiger partial charge in [0.25, 0.3) is 0 Å². The second-order valence-electron chi connectivity index (χ2n) is 2.22. The molecule has 0 aliphatic rings. The standard InChI is InChI=1S/C5H6N4O4/c10-4(11)1-3-6-7-8-9(3)2-5(12)13/h1-2H2,(H,10,11)(H,12,13). The van der Waals surface area contributed by atoms with Crippen LogP contribution in [-0.4, -0.2) is 42.4 Å². The first-order valence-electron chi connectivity index (χ1n) is 3.28. The summed E-state index contributed by atoms with van der Waals surface area (Å²) in [6, 6.07) is 0. The van der Waals surface area contributed by atoms with Crippen LogP contribution in [0.3, 0.4) is 0 Å². The van der Waals surface area contributed by atoms with Crippen LogP contribution in [0.15, 0.2) is 0 Å². The van der Waals surface area contributed by atoms with Gasteiger partial charge in [-0.15, -0.1) is 5.10 Å². The molecule has 70 valence electrons. The van der Waals surface area contributed by atoms with E-state index < -0.39 is 18.5 Å². The fourth-order valence-electron chi connectivity index (χ4n) is 0.736. The van der Waals surface area contributed by atoms with Crippen molar-refractivity contribution in [2.45, 2.75) is 13.0 Å². The average Bonchev–Trinajstić information content (AvgIpc) is 2.34. The van der Waals surface area contributed by atoms with Crippen molar-refractivity contribution in [3.05, 3.63) is 5.82 Å². The molecule has 0 spiro atoms. The third kappa shape index (κ3) is 2.51. The van der Waals surface area contributed by atoms with Gasteiger partial charge in [0.1, 0.15) is 13.0 Å². The first kappa shape index (κ1) is 9.10. The number of hydrogen-bond donors (Lipinski definition) is 2. The second-order valence-corrected chi connectivity index (χ2v) is 2.22. The predicted molar refractivity (Wildman–Crippen MR) is 36.8 cm³/mol. The number of hydrogen-bond acceptors (Lipinski definition) is 5. The number of aromatic nitrogens is 4. The Morgan fingerprint density at radius 1 is 1.31 bits per heavy atom. The van der Waals surface area contributed by atoms with Gasteiger partial charge in [0, 0.05) is 0 Å². The molecule has 1 rings (SSSR count). The molecule has 8 nitrogen and oxygen atoms in total. The van der Waals surface area contributed by atoms with Crippen molar-refractivity contribution in [3.8, 4) is 0 Å². The minimum Gasteiger partial charge on any atom is -0.481 e. The van der Waals surface area contributed by atoms with Crippen molar-refractivity contribution in [1.29, 1.82) is 0 Å². The monoisotopic (exact) mass is 186 g/mol. The van der Waals surface area contributed by atoms with Crippen LogP contribution in [0, 0.1) is 0 Å². The third-order valence-electron chi connectivity index (χ3n) is 1.20. The Hall–Kier alpha value is -1.99. The maximum atomic E-state index is 10.2. The van der Waals surface area contributed by atoms with E-state index >= 15 is 0 Å². The van der Waals surface area contributed by atoms with Gasteiger partial charge < -0.3 is 10.2 Å². The highest BCUT2D eigenvalue weighted by molar-refractivity contribution is 5.69. The van der Waals surface area contributed by atoms with Gasteiger partial charge in [-0.05, 0) is 10.4 Å². The largest absolute Gasteiger partial charge is 0.481 e. The minimum absolute atomic E-state index is 0.0231. The summed E-state index contributed by atoms with van der Waals surface area (Å²) in [7, 11) is 0. The Bertz CT molecular complexity index is 303. The molecule has 0 saturated heterocycles. The van der Waals surface area contributed by atoms with Crippen molar-refractivity contribution in [3.63, 3.8) is 0 Å². The summed E-state index contributed by atoms with van der Waals surface area (Å²) in [5.41, 5.74) is 0. The molecule has 0 bridgehead atoms. The van der Waals surface area contributed by atoms with E-state index in [-0.39, 0.29) is 12.2 Å². The highest BCUT2D eigenvalue weighted by Crippen LogP contribution is 1.93. The topological polar surface area (TPSA) is 118 Å². The Labute approximate surface area is 71.8 Å². The van der Waals surface area contributed by atoms with E-state index in [1.54, 1.807) is 0 Å². The zero-order valence-corrected chi connectivity index (χ0v) is 6.41. The van der Waals surface area contributed by atoms with Gasteiger partial charge in [-0.3, -0.25) is 9.59 Å². The quantitative estimate of drug-likeness (QED) is 0.580. The van der Waals surface area contributed by atoms with Crippen LogP contribution in [0.1, 0.15) is 5.82 Å². The van der Waals surface area contributed by atoms with Gasteiger partial charge in [-0.2, -0.15) is 0 Å². The predicted octanol–water partition coefficient (Wildman–Crippen LogP) is -1.62. The maximum Gasteiger partial charge on any atom is 0.325 e. The van der Waals surface area contributed by atoms with E-state index in [4.69, 9.17) is 10.2 Å². The molecule has 0 radical (unpaired) electrons. The second kappa shape index (κ2) is 3.61. The Morgan fingerprint density at radius 2 is 2.00 bits per heavy atom. The van der Waals surface area contributed by atoms with Crippen molar-refractivity contribution < 1.29 is 19.8 Å². The van der Waals surface area contributed by atoms with Crippen LogP contribution in [0.5, 0.6) is 0 Å². The summed E-state index contributed by atoms with van der Waals surface area (Å²) < 4.78 is 0.927. The summed E-state index contributed by atoms with van der Waals surface area (Å²) in [5.74, 6) is -2.21. The lowest BCUT2D eigenvalue weighted by Crippen LogP contribution is -2.15. The first-order valence-corrected chi connectivity index (χ1v) is 3.28. The highest BCUT2D eigenvalue weighted by Gasteiger charge is 2.11.